The van der Waals surface area contributed by atoms with Crippen LogP contribution in [0.25, 0.3) is 0 Å². The standard InChI is InChI=1S/C19H21NO4S/c1-23-15-7-8-17(24-2)16(11-15)19-20(18(22)12-25-19)10-9-13-3-5-14(21)6-4-13/h3-8,11,19,21H,9-10,12H2,1-2H3. The maximum Gasteiger partial charge on any atom is 0.233 e. The third-order valence-electron chi connectivity index (χ3n) is 4.25. The summed E-state index contributed by atoms with van der Waals surface area (Å²) in [6, 6.07) is 12.7. The molecule has 0 bridgehead atoms. The molecule has 25 heavy (non-hydrogen) atoms. The van der Waals surface area contributed by atoms with Gasteiger partial charge in [-0.15, -0.1) is 11.8 Å². The van der Waals surface area contributed by atoms with E-state index in [1.165, 1.54) is 0 Å². The molecular weight excluding hydrogens is 338 g/mol. The number of rotatable bonds is 6. The Kier molecular flexibility index (Phi) is 5.38. The van der Waals surface area contributed by atoms with Crippen LogP contribution in [-0.2, 0) is 11.2 Å². The van der Waals surface area contributed by atoms with Gasteiger partial charge in [0.15, 0.2) is 0 Å². The van der Waals surface area contributed by atoms with E-state index in [0.717, 1.165) is 29.0 Å². The normalized spacial score (nSPS) is 17.0. The minimum absolute atomic E-state index is 0.0883. The van der Waals surface area contributed by atoms with Crippen molar-refractivity contribution in [2.45, 2.75) is 11.8 Å². The maximum absolute atomic E-state index is 12.4. The third kappa shape index (κ3) is 3.85. The molecule has 1 amide bonds. The molecule has 0 saturated carbocycles. The second-order valence-electron chi connectivity index (χ2n) is 5.77. The Bertz CT molecular complexity index is 748. The number of nitrogens with zero attached hydrogens (tertiary/aromatic N) is 1. The van der Waals surface area contributed by atoms with Gasteiger partial charge in [0.25, 0.3) is 0 Å². The van der Waals surface area contributed by atoms with Crippen LogP contribution in [0.3, 0.4) is 0 Å². The van der Waals surface area contributed by atoms with Gasteiger partial charge in [0.05, 0.1) is 20.0 Å². The van der Waals surface area contributed by atoms with E-state index in [9.17, 15) is 9.90 Å². The van der Waals surface area contributed by atoms with Gasteiger partial charge in [-0.2, -0.15) is 0 Å². The highest BCUT2D eigenvalue weighted by atomic mass is 32.2. The van der Waals surface area contributed by atoms with E-state index in [2.05, 4.69) is 0 Å². The zero-order valence-electron chi connectivity index (χ0n) is 14.3. The number of amides is 1. The number of ether oxygens (including phenoxy) is 2. The van der Waals surface area contributed by atoms with Gasteiger partial charge in [-0.3, -0.25) is 4.79 Å². The number of benzene rings is 2. The number of methoxy groups -OCH3 is 2. The number of hydrogen-bond donors (Lipinski definition) is 1. The van der Waals surface area contributed by atoms with Gasteiger partial charge in [0.1, 0.15) is 22.6 Å². The highest BCUT2D eigenvalue weighted by molar-refractivity contribution is 8.00. The number of phenols is 1. The molecule has 1 aliphatic rings. The van der Waals surface area contributed by atoms with E-state index in [4.69, 9.17) is 9.47 Å². The Morgan fingerprint density at radius 2 is 1.92 bits per heavy atom. The summed E-state index contributed by atoms with van der Waals surface area (Å²) in [5, 5.41) is 9.29. The van der Waals surface area contributed by atoms with Crippen molar-refractivity contribution in [2.24, 2.45) is 0 Å². The molecule has 2 aromatic rings. The second kappa shape index (κ2) is 7.70. The van der Waals surface area contributed by atoms with Gasteiger partial charge >= 0.3 is 0 Å². The van der Waals surface area contributed by atoms with Crippen molar-refractivity contribution < 1.29 is 19.4 Å². The van der Waals surface area contributed by atoms with E-state index in [1.54, 1.807) is 38.1 Å². The summed E-state index contributed by atoms with van der Waals surface area (Å²) in [7, 11) is 3.26. The lowest BCUT2D eigenvalue weighted by Crippen LogP contribution is -2.30. The Hall–Kier alpha value is -2.34. The average Bonchev–Trinajstić information content (AvgIpc) is 3.01. The number of hydrogen-bond acceptors (Lipinski definition) is 5. The quantitative estimate of drug-likeness (QED) is 0.858. The molecule has 2 aromatic carbocycles. The first-order valence-electron chi connectivity index (χ1n) is 8.03. The lowest BCUT2D eigenvalue weighted by atomic mass is 10.1. The molecule has 0 radical (unpaired) electrons. The zero-order valence-corrected chi connectivity index (χ0v) is 15.1. The molecule has 0 aromatic heterocycles. The number of carbonyl (C=O) groups excluding carboxylic acids is 1. The molecule has 0 spiro atoms. The van der Waals surface area contributed by atoms with E-state index in [-0.39, 0.29) is 17.0 Å². The first kappa shape index (κ1) is 17.5. The van der Waals surface area contributed by atoms with Gasteiger partial charge < -0.3 is 19.5 Å². The minimum Gasteiger partial charge on any atom is -0.508 e. The van der Waals surface area contributed by atoms with Crippen LogP contribution < -0.4 is 9.47 Å². The monoisotopic (exact) mass is 359 g/mol. The number of thioether (sulfide) groups is 1. The van der Waals surface area contributed by atoms with E-state index in [0.29, 0.717) is 12.3 Å². The summed E-state index contributed by atoms with van der Waals surface area (Å²) in [5.74, 6) is 2.33. The smallest absolute Gasteiger partial charge is 0.233 e. The first-order valence-corrected chi connectivity index (χ1v) is 9.08. The van der Waals surface area contributed by atoms with Crippen LogP contribution in [0, 0.1) is 0 Å². The van der Waals surface area contributed by atoms with Crippen LogP contribution in [0.4, 0.5) is 0 Å². The number of phenolic OH excluding ortho intramolecular Hbond substituents is 1. The summed E-state index contributed by atoms with van der Waals surface area (Å²) in [6.07, 6.45) is 0.732. The van der Waals surface area contributed by atoms with E-state index in [1.807, 2.05) is 35.2 Å². The van der Waals surface area contributed by atoms with Crippen LogP contribution in [0.1, 0.15) is 16.5 Å². The van der Waals surface area contributed by atoms with Gasteiger partial charge in [-0.05, 0) is 42.3 Å². The minimum atomic E-state index is -0.0883. The highest BCUT2D eigenvalue weighted by Crippen LogP contribution is 2.43. The van der Waals surface area contributed by atoms with Crippen molar-refractivity contribution >= 4 is 17.7 Å². The molecule has 1 fully saturated rings. The fraction of sp³-hybridized carbons (Fsp3) is 0.316. The van der Waals surface area contributed by atoms with Crippen molar-refractivity contribution in [3.05, 3.63) is 53.6 Å². The number of aromatic hydroxyl groups is 1. The SMILES string of the molecule is COc1ccc(OC)c(C2SCC(=O)N2CCc2ccc(O)cc2)c1. The summed E-state index contributed by atoms with van der Waals surface area (Å²) in [6.45, 7) is 0.613. The van der Waals surface area contributed by atoms with Crippen molar-refractivity contribution in [1.82, 2.24) is 4.90 Å². The van der Waals surface area contributed by atoms with Gasteiger partial charge in [-0.25, -0.2) is 0 Å². The van der Waals surface area contributed by atoms with Gasteiger partial charge in [0.2, 0.25) is 5.91 Å². The maximum atomic E-state index is 12.4. The van der Waals surface area contributed by atoms with Crippen molar-refractivity contribution in [1.29, 1.82) is 0 Å². The summed E-state index contributed by atoms with van der Waals surface area (Å²) in [4.78, 5) is 14.3. The topological polar surface area (TPSA) is 59.0 Å². The predicted octanol–water partition coefficient (Wildman–Crippen LogP) is 3.23. The van der Waals surface area contributed by atoms with Crippen LogP contribution in [0.2, 0.25) is 0 Å². The molecule has 1 heterocycles. The predicted molar refractivity (Wildman–Crippen MR) is 98.3 cm³/mol. The fourth-order valence-corrected chi connectivity index (χ4v) is 4.13. The van der Waals surface area contributed by atoms with Crippen molar-refractivity contribution in [3.63, 3.8) is 0 Å². The summed E-state index contributed by atoms with van der Waals surface area (Å²) >= 11 is 1.60. The van der Waals surface area contributed by atoms with Crippen molar-refractivity contribution in [3.8, 4) is 17.2 Å². The summed E-state index contributed by atoms with van der Waals surface area (Å²) < 4.78 is 10.8. The van der Waals surface area contributed by atoms with Gasteiger partial charge in [0, 0.05) is 12.1 Å². The summed E-state index contributed by atoms with van der Waals surface area (Å²) in [5.41, 5.74) is 2.03. The van der Waals surface area contributed by atoms with Gasteiger partial charge in [-0.1, -0.05) is 12.1 Å². The number of carbonyl (C=O) groups is 1. The molecule has 1 saturated heterocycles. The molecule has 5 nitrogen and oxygen atoms in total. The largest absolute Gasteiger partial charge is 0.508 e. The highest BCUT2D eigenvalue weighted by Gasteiger charge is 2.34. The lowest BCUT2D eigenvalue weighted by Gasteiger charge is -2.26. The Morgan fingerprint density at radius 1 is 1.16 bits per heavy atom. The molecule has 1 aliphatic heterocycles. The molecule has 0 aliphatic carbocycles. The Morgan fingerprint density at radius 3 is 2.60 bits per heavy atom. The molecule has 1 atom stereocenters. The van der Waals surface area contributed by atoms with Crippen molar-refractivity contribution in [2.75, 3.05) is 26.5 Å². The van der Waals surface area contributed by atoms with E-state index >= 15 is 0 Å². The van der Waals surface area contributed by atoms with E-state index < -0.39 is 0 Å². The fourth-order valence-electron chi connectivity index (χ4n) is 2.90. The van der Waals surface area contributed by atoms with Crippen LogP contribution >= 0.6 is 11.8 Å². The lowest BCUT2D eigenvalue weighted by molar-refractivity contribution is -0.128. The third-order valence-corrected chi connectivity index (χ3v) is 5.49. The van der Waals surface area contributed by atoms with Crippen LogP contribution in [-0.4, -0.2) is 42.4 Å². The molecule has 6 heteroatoms. The van der Waals surface area contributed by atoms with Crippen LogP contribution in [0.5, 0.6) is 17.2 Å². The average molecular weight is 359 g/mol. The Labute approximate surface area is 151 Å². The molecule has 1 N–H and O–H groups in total. The Balaban J connectivity index is 1.80. The second-order valence-corrected chi connectivity index (χ2v) is 6.84. The zero-order chi connectivity index (χ0) is 17.8. The first-order chi connectivity index (χ1) is 12.1. The molecular formula is C19H21NO4S. The molecule has 3 rings (SSSR count). The molecule has 1 unspecified atom stereocenters. The van der Waals surface area contributed by atoms with Crippen LogP contribution in [0.15, 0.2) is 42.5 Å². The molecule has 132 valence electrons.